The number of carbonyl (C=O) groups excluding carboxylic acids is 1. The van der Waals surface area contributed by atoms with Gasteiger partial charge in [0.25, 0.3) is 0 Å². The van der Waals surface area contributed by atoms with Crippen molar-refractivity contribution in [1.29, 1.82) is 0 Å². The zero-order valence-corrected chi connectivity index (χ0v) is 19.0. The van der Waals surface area contributed by atoms with E-state index >= 15 is 0 Å². The summed E-state index contributed by atoms with van der Waals surface area (Å²) >= 11 is 0. The molecule has 1 saturated heterocycles. The average molecular weight is 440 g/mol. The largest absolute Gasteiger partial charge is 0.494 e. The first kappa shape index (κ1) is 21.3. The van der Waals surface area contributed by atoms with Gasteiger partial charge < -0.3 is 14.2 Å². The highest BCUT2D eigenvalue weighted by Crippen LogP contribution is 2.33. The Balaban J connectivity index is 1.30. The minimum Gasteiger partial charge on any atom is -0.494 e. The van der Waals surface area contributed by atoms with E-state index in [0.29, 0.717) is 19.6 Å². The van der Waals surface area contributed by atoms with Gasteiger partial charge in [-0.3, -0.25) is 4.79 Å². The van der Waals surface area contributed by atoms with Gasteiger partial charge in [-0.1, -0.05) is 48.0 Å². The second kappa shape index (κ2) is 9.49. The van der Waals surface area contributed by atoms with Crippen molar-refractivity contribution in [3.05, 3.63) is 90.3 Å². The maximum absolute atomic E-state index is 12.9. The molecule has 1 atom stereocenters. The summed E-state index contributed by atoms with van der Waals surface area (Å²) < 4.78 is 8.17. The first-order chi connectivity index (χ1) is 16.2. The molecule has 168 valence electrons. The molecule has 0 saturated carbocycles. The van der Waals surface area contributed by atoms with Crippen LogP contribution in [0.2, 0.25) is 0 Å². The number of nitrogens with zero attached hydrogens (tertiary/aromatic N) is 3. The molecule has 1 fully saturated rings. The maximum Gasteiger partial charge on any atom is 0.227 e. The summed E-state index contributed by atoms with van der Waals surface area (Å²) in [7, 11) is 0. The molecule has 4 aromatic rings. The molecule has 2 heterocycles. The summed E-state index contributed by atoms with van der Waals surface area (Å²) in [6, 6.07) is 26.4. The summed E-state index contributed by atoms with van der Waals surface area (Å²) in [4.78, 5) is 19.8. The van der Waals surface area contributed by atoms with Crippen LogP contribution in [-0.4, -0.2) is 28.6 Å². The van der Waals surface area contributed by atoms with E-state index in [9.17, 15) is 4.79 Å². The van der Waals surface area contributed by atoms with Crippen molar-refractivity contribution in [2.75, 3.05) is 18.1 Å². The fraction of sp³-hybridized carbons (Fsp3) is 0.286. The first-order valence-corrected chi connectivity index (χ1v) is 11.7. The van der Waals surface area contributed by atoms with Gasteiger partial charge in [0.05, 0.1) is 17.6 Å². The molecule has 1 amide bonds. The number of anilines is 1. The van der Waals surface area contributed by atoms with Crippen LogP contribution in [0.3, 0.4) is 0 Å². The second-order valence-electron chi connectivity index (χ2n) is 8.72. The highest BCUT2D eigenvalue weighted by atomic mass is 16.5. The Hall–Kier alpha value is -3.60. The Bertz CT molecular complexity index is 1230. The first-order valence-electron chi connectivity index (χ1n) is 11.7. The van der Waals surface area contributed by atoms with Gasteiger partial charge in [0.1, 0.15) is 11.6 Å². The molecule has 5 nitrogen and oxygen atoms in total. The monoisotopic (exact) mass is 439 g/mol. The van der Waals surface area contributed by atoms with Crippen LogP contribution in [0.15, 0.2) is 78.9 Å². The minimum atomic E-state index is 0.0896. The number of ether oxygens (including phenoxy) is 1. The molecule has 1 unspecified atom stereocenters. The summed E-state index contributed by atoms with van der Waals surface area (Å²) in [5.74, 6) is 2.18. The lowest BCUT2D eigenvalue weighted by Crippen LogP contribution is -2.24. The lowest BCUT2D eigenvalue weighted by molar-refractivity contribution is -0.117. The summed E-state index contributed by atoms with van der Waals surface area (Å²) in [6.07, 6.45) is 2.44. The maximum atomic E-state index is 12.9. The average Bonchev–Trinajstić information content (AvgIpc) is 3.41. The van der Waals surface area contributed by atoms with Gasteiger partial charge in [-0.05, 0) is 56.2 Å². The molecule has 1 aliphatic rings. The number of hydrogen-bond donors (Lipinski definition) is 0. The Morgan fingerprint density at radius 2 is 1.70 bits per heavy atom. The second-order valence-corrected chi connectivity index (χ2v) is 8.72. The molecule has 0 spiro atoms. The van der Waals surface area contributed by atoms with Crippen LogP contribution in [0.4, 0.5) is 5.69 Å². The number of fused-ring (bicyclic) bond motifs is 1. The molecule has 5 rings (SSSR count). The van der Waals surface area contributed by atoms with Gasteiger partial charge in [-0.15, -0.1) is 0 Å². The SMILES string of the molecule is Cc1ccc(N2CC(c3nc4ccccc4n3CCCCOc3ccccc3)CC2=O)cc1. The normalized spacial score (nSPS) is 16.0. The van der Waals surface area contributed by atoms with Crippen LogP contribution >= 0.6 is 0 Å². The van der Waals surface area contributed by atoms with Crippen LogP contribution in [-0.2, 0) is 11.3 Å². The Morgan fingerprint density at radius 3 is 2.52 bits per heavy atom. The van der Waals surface area contributed by atoms with Gasteiger partial charge >= 0.3 is 0 Å². The fourth-order valence-corrected chi connectivity index (χ4v) is 4.57. The highest BCUT2D eigenvalue weighted by molar-refractivity contribution is 5.96. The van der Waals surface area contributed by atoms with Crippen molar-refractivity contribution in [3.8, 4) is 5.75 Å². The van der Waals surface area contributed by atoms with Crippen molar-refractivity contribution < 1.29 is 9.53 Å². The van der Waals surface area contributed by atoms with Gasteiger partial charge in [0.15, 0.2) is 0 Å². The number of imidazole rings is 1. The van der Waals surface area contributed by atoms with E-state index < -0.39 is 0 Å². The number of para-hydroxylation sites is 3. The van der Waals surface area contributed by atoms with Crippen LogP contribution in [0.25, 0.3) is 11.0 Å². The van der Waals surface area contributed by atoms with Crippen molar-refractivity contribution in [2.45, 2.75) is 38.6 Å². The Morgan fingerprint density at radius 1 is 0.939 bits per heavy atom. The number of amides is 1. The van der Waals surface area contributed by atoms with E-state index in [2.05, 4.69) is 41.8 Å². The fourth-order valence-electron chi connectivity index (χ4n) is 4.57. The predicted octanol–water partition coefficient (Wildman–Crippen LogP) is 5.72. The van der Waals surface area contributed by atoms with Gasteiger partial charge in [0, 0.05) is 31.1 Å². The van der Waals surface area contributed by atoms with E-state index in [4.69, 9.17) is 9.72 Å². The van der Waals surface area contributed by atoms with E-state index in [-0.39, 0.29) is 11.8 Å². The molecule has 5 heteroatoms. The molecule has 0 radical (unpaired) electrons. The van der Waals surface area contributed by atoms with Crippen molar-refractivity contribution >= 4 is 22.6 Å². The summed E-state index contributed by atoms with van der Waals surface area (Å²) in [6.45, 7) is 4.28. The molecule has 3 aromatic carbocycles. The third-order valence-electron chi connectivity index (χ3n) is 6.31. The van der Waals surface area contributed by atoms with Crippen LogP contribution in [0, 0.1) is 6.92 Å². The molecule has 0 aliphatic carbocycles. The number of rotatable bonds is 8. The standard InChI is InChI=1S/C28H29N3O2/c1-21-13-15-23(16-14-21)31-20-22(19-27(31)32)28-29-25-11-5-6-12-26(25)30(28)17-7-8-18-33-24-9-3-2-4-10-24/h2-6,9-16,22H,7-8,17-20H2,1H3. The smallest absolute Gasteiger partial charge is 0.227 e. The summed E-state index contributed by atoms with van der Waals surface area (Å²) in [5.41, 5.74) is 4.29. The van der Waals surface area contributed by atoms with E-state index in [1.807, 2.05) is 53.4 Å². The van der Waals surface area contributed by atoms with Crippen molar-refractivity contribution in [2.24, 2.45) is 0 Å². The quantitative estimate of drug-likeness (QED) is 0.330. The lowest BCUT2D eigenvalue weighted by atomic mass is 10.1. The number of unbranched alkanes of at least 4 members (excludes halogenated alkanes) is 1. The third-order valence-corrected chi connectivity index (χ3v) is 6.31. The third kappa shape index (κ3) is 4.63. The Labute approximate surface area is 194 Å². The van der Waals surface area contributed by atoms with E-state index in [1.165, 1.54) is 5.56 Å². The van der Waals surface area contributed by atoms with Crippen LogP contribution in [0.1, 0.15) is 36.6 Å². The predicted molar refractivity (Wildman–Crippen MR) is 132 cm³/mol. The van der Waals surface area contributed by atoms with Crippen LogP contribution in [0.5, 0.6) is 5.75 Å². The number of aromatic nitrogens is 2. The van der Waals surface area contributed by atoms with Crippen molar-refractivity contribution in [3.63, 3.8) is 0 Å². The zero-order chi connectivity index (χ0) is 22.6. The lowest BCUT2D eigenvalue weighted by Gasteiger charge is -2.18. The molecular formula is C28H29N3O2. The number of hydrogen-bond acceptors (Lipinski definition) is 3. The highest BCUT2D eigenvalue weighted by Gasteiger charge is 2.34. The summed E-state index contributed by atoms with van der Waals surface area (Å²) in [5, 5.41) is 0. The van der Waals surface area contributed by atoms with Crippen LogP contribution < -0.4 is 9.64 Å². The number of carbonyl (C=O) groups is 1. The molecule has 0 bridgehead atoms. The number of benzene rings is 3. The molecular weight excluding hydrogens is 410 g/mol. The van der Waals surface area contributed by atoms with E-state index in [1.54, 1.807) is 0 Å². The van der Waals surface area contributed by atoms with E-state index in [0.717, 1.165) is 47.7 Å². The topological polar surface area (TPSA) is 47.4 Å². The van der Waals surface area contributed by atoms with Gasteiger partial charge in [-0.25, -0.2) is 4.98 Å². The molecule has 0 N–H and O–H groups in total. The minimum absolute atomic E-state index is 0.0896. The van der Waals surface area contributed by atoms with Gasteiger partial charge in [0.2, 0.25) is 5.91 Å². The number of aryl methyl sites for hydroxylation is 2. The molecule has 33 heavy (non-hydrogen) atoms. The Kier molecular flexibility index (Phi) is 6.11. The van der Waals surface area contributed by atoms with Crippen molar-refractivity contribution in [1.82, 2.24) is 9.55 Å². The zero-order valence-electron chi connectivity index (χ0n) is 19.0. The molecule has 1 aliphatic heterocycles. The molecule has 1 aromatic heterocycles. The van der Waals surface area contributed by atoms with Gasteiger partial charge in [-0.2, -0.15) is 0 Å².